The van der Waals surface area contributed by atoms with Crippen LogP contribution < -0.4 is 10.6 Å². The molecule has 2 aromatic rings. The number of nitrogens with zero attached hydrogens (tertiary/aromatic N) is 2. The molecule has 0 atom stereocenters. The SMILES string of the molecule is O=C(NC1CCN(C(=O)Nc2cccc([N+](=O)[O-])c2)CC1)c1ccccc1. The molecule has 8 nitrogen and oxygen atoms in total. The minimum Gasteiger partial charge on any atom is -0.349 e. The van der Waals surface area contributed by atoms with Gasteiger partial charge in [0.15, 0.2) is 0 Å². The topological polar surface area (TPSA) is 105 Å². The van der Waals surface area contributed by atoms with Crippen molar-refractivity contribution in [2.24, 2.45) is 0 Å². The monoisotopic (exact) mass is 368 g/mol. The molecule has 0 radical (unpaired) electrons. The van der Waals surface area contributed by atoms with Gasteiger partial charge in [-0.2, -0.15) is 0 Å². The van der Waals surface area contributed by atoms with E-state index in [9.17, 15) is 19.7 Å². The first-order valence-corrected chi connectivity index (χ1v) is 8.69. The molecule has 1 aliphatic rings. The van der Waals surface area contributed by atoms with Gasteiger partial charge in [0.05, 0.1) is 4.92 Å². The third-order valence-electron chi connectivity index (χ3n) is 4.46. The van der Waals surface area contributed by atoms with Crippen LogP contribution in [-0.4, -0.2) is 40.9 Å². The molecule has 2 aromatic carbocycles. The molecule has 0 saturated carbocycles. The van der Waals surface area contributed by atoms with Crippen molar-refractivity contribution in [1.82, 2.24) is 10.2 Å². The lowest BCUT2D eigenvalue weighted by atomic mass is 10.0. The van der Waals surface area contributed by atoms with E-state index < -0.39 is 4.92 Å². The van der Waals surface area contributed by atoms with E-state index in [1.165, 1.54) is 18.2 Å². The Balaban J connectivity index is 1.50. The highest BCUT2D eigenvalue weighted by Crippen LogP contribution is 2.18. The molecule has 0 unspecified atom stereocenters. The van der Waals surface area contributed by atoms with Crippen molar-refractivity contribution in [1.29, 1.82) is 0 Å². The summed E-state index contributed by atoms with van der Waals surface area (Å²) in [5.41, 5.74) is 0.923. The molecule has 27 heavy (non-hydrogen) atoms. The molecule has 0 aliphatic carbocycles. The molecule has 0 bridgehead atoms. The van der Waals surface area contributed by atoms with Crippen molar-refractivity contribution >= 4 is 23.3 Å². The molecule has 1 heterocycles. The fourth-order valence-corrected chi connectivity index (χ4v) is 2.98. The Bertz CT molecular complexity index is 833. The zero-order valence-corrected chi connectivity index (χ0v) is 14.6. The smallest absolute Gasteiger partial charge is 0.321 e. The third kappa shape index (κ3) is 4.81. The Labute approximate surface area is 156 Å². The van der Waals surface area contributed by atoms with Crippen LogP contribution in [0.15, 0.2) is 54.6 Å². The summed E-state index contributed by atoms with van der Waals surface area (Å²) in [6, 6.07) is 14.6. The van der Waals surface area contributed by atoms with Gasteiger partial charge >= 0.3 is 6.03 Å². The van der Waals surface area contributed by atoms with E-state index in [1.807, 2.05) is 18.2 Å². The second-order valence-electron chi connectivity index (χ2n) is 6.34. The van der Waals surface area contributed by atoms with Crippen LogP contribution in [0.1, 0.15) is 23.2 Å². The number of nitrogens with one attached hydrogen (secondary N) is 2. The highest BCUT2D eigenvalue weighted by atomic mass is 16.6. The predicted molar refractivity (Wildman–Crippen MR) is 101 cm³/mol. The van der Waals surface area contributed by atoms with Crippen LogP contribution in [0.25, 0.3) is 0 Å². The summed E-state index contributed by atoms with van der Waals surface area (Å²) < 4.78 is 0. The summed E-state index contributed by atoms with van der Waals surface area (Å²) in [5.74, 6) is -0.116. The van der Waals surface area contributed by atoms with Gasteiger partial charge in [0.25, 0.3) is 11.6 Å². The largest absolute Gasteiger partial charge is 0.349 e. The molecule has 8 heteroatoms. The lowest BCUT2D eigenvalue weighted by molar-refractivity contribution is -0.384. The Kier molecular flexibility index (Phi) is 5.65. The molecule has 2 N–H and O–H groups in total. The zero-order valence-electron chi connectivity index (χ0n) is 14.6. The average Bonchev–Trinajstić information content (AvgIpc) is 2.69. The van der Waals surface area contributed by atoms with E-state index in [4.69, 9.17) is 0 Å². The van der Waals surface area contributed by atoms with Gasteiger partial charge in [-0.05, 0) is 31.0 Å². The molecule has 3 amide bonds. The number of likely N-dealkylation sites (tertiary alicyclic amines) is 1. The summed E-state index contributed by atoms with van der Waals surface area (Å²) in [6.45, 7) is 1.00. The average molecular weight is 368 g/mol. The maximum atomic E-state index is 12.4. The summed E-state index contributed by atoms with van der Waals surface area (Å²) in [4.78, 5) is 36.5. The van der Waals surface area contributed by atoms with Gasteiger partial charge in [0.1, 0.15) is 0 Å². The van der Waals surface area contributed by atoms with Crippen LogP contribution in [0.3, 0.4) is 0 Å². The van der Waals surface area contributed by atoms with E-state index >= 15 is 0 Å². The first-order valence-electron chi connectivity index (χ1n) is 8.69. The van der Waals surface area contributed by atoms with Gasteiger partial charge < -0.3 is 15.5 Å². The van der Waals surface area contributed by atoms with Gasteiger partial charge in [-0.25, -0.2) is 4.79 Å². The Morgan fingerprint density at radius 2 is 1.74 bits per heavy atom. The highest BCUT2D eigenvalue weighted by Gasteiger charge is 2.24. The summed E-state index contributed by atoms with van der Waals surface area (Å²) in [7, 11) is 0. The van der Waals surface area contributed by atoms with E-state index in [-0.39, 0.29) is 23.7 Å². The molecule has 1 aliphatic heterocycles. The fraction of sp³-hybridized carbons (Fsp3) is 0.263. The number of hydrogen-bond donors (Lipinski definition) is 2. The van der Waals surface area contributed by atoms with E-state index in [1.54, 1.807) is 23.1 Å². The van der Waals surface area contributed by atoms with Gasteiger partial charge in [-0.1, -0.05) is 24.3 Å². The fourth-order valence-electron chi connectivity index (χ4n) is 2.98. The Morgan fingerprint density at radius 1 is 1.04 bits per heavy atom. The van der Waals surface area contributed by atoms with E-state index in [0.717, 1.165) is 0 Å². The highest BCUT2D eigenvalue weighted by molar-refractivity contribution is 5.94. The maximum absolute atomic E-state index is 12.4. The van der Waals surface area contributed by atoms with Crippen molar-refractivity contribution in [3.05, 3.63) is 70.3 Å². The van der Waals surface area contributed by atoms with Crippen LogP contribution in [-0.2, 0) is 0 Å². The van der Waals surface area contributed by atoms with Crippen LogP contribution in [0.5, 0.6) is 0 Å². The second kappa shape index (κ2) is 8.31. The normalized spacial score (nSPS) is 14.4. The van der Waals surface area contributed by atoms with Crippen LogP contribution in [0.4, 0.5) is 16.2 Å². The first kappa shape index (κ1) is 18.4. The molecule has 140 valence electrons. The van der Waals surface area contributed by atoms with Crippen molar-refractivity contribution in [3.63, 3.8) is 0 Å². The molecule has 1 fully saturated rings. The van der Waals surface area contributed by atoms with Gasteiger partial charge in [0, 0.05) is 42.5 Å². The molecular weight excluding hydrogens is 348 g/mol. The summed E-state index contributed by atoms with van der Waals surface area (Å²) >= 11 is 0. The van der Waals surface area contributed by atoms with Gasteiger partial charge in [-0.15, -0.1) is 0 Å². The predicted octanol–water partition coefficient (Wildman–Crippen LogP) is 3.02. The number of carbonyl (C=O) groups is 2. The van der Waals surface area contributed by atoms with E-state index in [0.29, 0.717) is 37.2 Å². The zero-order chi connectivity index (χ0) is 19.2. The summed E-state index contributed by atoms with van der Waals surface area (Å²) in [5, 5.41) is 16.5. The number of nitro benzene ring substituents is 1. The van der Waals surface area contributed by atoms with Gasteiger partial charge in [-0.3, -0.25) is 14.9 Å². The standard InChI is InChI=1S/C19H20N4O4/c24-18(14-5-2-1-3-6-14)20-15-9-11-22(12-10-15)19(25)21-16-7-4-8-17(13-16)23(26)27/h1-8,13,15H,9-12H2,(H,20,24)(H,21,25). The number of carbonyl (C=O) groups excluding carboxylic acids is 2. The number of benzene rings is 2. The Hall–Kier alpha value is -3.42. The molecular formula is C19H20N4O4. The van der Waals surface area contributed by atoms with Crippen molar-refractivity contribution in [2.75, 3.05) is 18.4 Å². The lowest BCUT2D eigenvalue weighted by Gasteiger charge is -2.32. The molecule has 0 spiro atoms. The number of urea groups is 1. The number of non-ortho nitro benzene ring substituents is 1. The molecule has 1 saturated heterocycles. The number of piperidine rings is 1. The van der Waals surface area contributed by atoms with Crippen molar-refractivity contribution < 1.29 is 14.5 Å². The Morgan fingerprint density at radius 3 is 2.41 bits per heavy atom. The minimum absolute atomic E-state index is 0.0135. The van der Waals surface area contributed by atoms with Crippen LogP contribution in [0.2, 0.25) is 0 Å². The first-order chi connectivity index (χ1) is 13.0. The summed E-state index contributed by atoms with van der Waals surface area (Å²) in [6.07, 6.45) is 1.31. The van der Waals surface area contributed by atoms with E-state index in [2.05, 4.69) is 10.6 Å². The number of nitro groups is 1. The maximum Gasteiger partial charge on any atom is 0.321 e. The lowest BCUT2D eigenvalue weighted by Crippen LogP contribution is -2.47. The third-order valence-corrected chi connectivity index (χ3v) is 4.46. The quantitative estimate of drug-likeness (QED) is 0.639. The van der Waals surface area contributed by atoms with Crippen LogP contribution in [0, 0.1) is 10.1 Å². The number of anilines is 1. The number of hydrogen-bond acceptors (Lipinski definition) is 4. The van der Waals surface area contributed by atoms with Gasteiger partial charge in [0.2, 0.25) is 0 Å². The number of rotatable bonds is 4. The van der Waals surface area contributed by atoms with Crippen molar-refractivity contribution in [2.45, 2.75) is 18.9 Å². The molecule has 3 rings (SSSR count). The molecule has 0 aromatic heterocycles. The number of amides is 3. The van der Waals surface area contributed by atoms with Crippen LogP contribution >= 0.6 is 0 Å². The minimum atomic E-state index is -0.503. The van der Waals surface area contributed by atoms with Crippen molar-refractivity contribution in [3.8, 4) is 0 Å². The second-order valence-corrected chi connectivity index (χ2v) is 6.34.